The Labute approximate surface area is 199 Å². The van der Waals surface area contributed by atoms with Crippen molar-refractivity contribution in [1.29, 1.82) is 0 Å². The van der Waals surface area contributed by atoms with E-state index in [9.17, 15) is 4.79 Å². The maximum absolute atomic E-state index is 12.9. The van der Waals surface area contributed by atoms with E-state index in [1.807, 2.05) is 43.3 Å². The van der Waals surface area contributed by atoms with Crippen molar-refractivity contribution in [2.45, 2.75) is 24.6 Å². The summed E-state index contributed by atoms with van der Waals surface area (Å²) in [5, 5.41) is 8.58. The Morgan fingerprint density at radius 2 is 1.94 bits per heavy atom. The molecular formula is C25H20N4O2S2. The SMILES string of the molecule is Cc1ccc2nc(-c3ccc(NC(=O)c4cccnc4SCc4cc(C)on4)cc3)sc2c1. The second-order valence-electron chi connectivity index (χ2n) is 7.60. The third-order valence-electron chi connectivity index (χ3n) is 4.98. The molecule has 0 aliphatic heterocycles. The highest BCUT2D eigenvalue weighted by molar-refractivity contribution is 7.98. The van der Waals surface area contributed by atoms with Gasteiger partial charge in [-0.3, -0.25) is 4.79 Å². The third kappa shape index (κ3) is 4.81. The number of nitrogens with zero attached hydrogens (tertiary/aromatic N) is 3. The zero-order valence-corrected chi connectivity index (χ0v) is 19.7. The summed E-state index contributed by atoms with van der Waals surface area (Å²) in [5.74, 6) is 1.13. The van der Waals surface area contributed by atoms with Gasteiger partial charge in [0.2, 0.25) is 0 Å². The number of rotatable bonds is 6. The van der Waals surface area contributed by atoms with Crippen molar-refractivity contribution in [3.05, 3.63) is 89.4 Å². The van der Waals surface area contributed by atoms with Gasteiger partial charge in [0, 0.05) is 29.3 Å². The molecule has 0 bridgehead atoms. The topological polar surface area (TPSA) is 80.9 Å². The third-order valence-corrected chi connectivity index (χ3v) is 7.09. The molecule has 8 heteroatoms. The maximum Gasteiger partial charge on any atom is 0.258 e. The van der Waals surface area contributed by atoms with Gasteiger partial charge in [-0.2, -0.15) is 0 Å². The van der Waals surface area contributed by atoms with E-state index in [0.29, 0.717) is 22.0 Å². The number of carbonyl (C=O) groups is 1. The van der Waals surface area contributed by atoms with Crippen LogP contribution in [0.15, 0.2) is 76.4 Å². The van der Waals surface area contributed by atoms with E-state index >= 15 is 0 Å². The van der Waals surface area contributed by atoms with Crippen LogP contribution in [0, 0.1) is 13.8 Å². The van der Waals surface area contributed by atoms with Crippen LogP contribution in [-0.2, 0) is 5.75 Å². The number of thiazole rings is 1. The molecule has 0 spiro atoms. The van der Waals surface area contributed by atoms with Crippen LogP contribution < -0.4 is 5.32 Å². The van der Waals surface area contributed by atoms with Crippen molar-refractivity contribution < 1.29 is 9.32 Å². The first kappa shape index (κ1) is 21.4. The Bertz CT molecular complexity index is 1440. The van der Waals surface area contributed by atoms with E-state index in [1.54, 1.807) is 29.7 Å². The van der Waals surface area contributed by atoms with Crippen molar-refractivity contribution in [1.82, 2.24) is 15.1 Å². The maximum atomic E-state index is 12.9. The van der Waals surface area contributed by atoms with E-state index in [0.717, 1.165) is 27.5 Å². The van der Waals surface area contributed by atoms with Crippen molar-refractivity contribution in [2.75, 3.05) is 5.32 Å². The van der Waals surface area contributed by atoms with Crippen molar-refractivity contribution in [2.24, 2.45) is 0 Å². The molecule has 2 aromatic carbocycles. The molecule has 3 aromatic heterocycles. The van der Waals surface area contributed by atoms with E-state index in [2.05, 4.69) is 34.5 Å². The number of nitrogens with one attached hydrogen (secondary N) is 1. The van der Waals surface area contributed by atoms with E-state index in [4.69, 9.17) is 9.51 Å². The molecule has 5 aromatic rings. The highest BCUT2D eigenvalue weighted by atomic mass is 32.2. The Morgan fingerprint density at radius 3 is 2.73 bits per heavy atom. The van der Waals surface area contributed by atoms with Gasteiger partial charge >= 0.3 is 0 Å². The minimum absolute atomic E-state index is 0.204. The number of aromatic nitrogens is 3. The number of fused-ring (bicyclic) bond motifs is 1. The summed E-state index contributed by atoms with van der Waals surface area (Å²) in [6.45, 7) is 3.93. The second kappa shape index (κ2) is 9.17. The minimum Gasteiger partial charge on any atom is -0.361 e. The summed E-state index contributed by atoms with van der Waals surface area (Å²) in [6, 6.07) is 19.4. The highest BCUT2D eigenvalue weighted by Crippen LogP contribution is 2.31. The number of thioether (sulfide) groups is 1. The van der Waals surface area contributed by atoms with Crippen LogP contribution in [0.25, 0.3) is 20.8 Å². The van der Waals surface area contributed by atoms with Gasteiger partial charge in [0.15, 0.2) is 0 Å². The van der Waals surface area contributed by atoms with E-state index < -0.39 is 0 Å². The zero-order chi connectivity index (χ0) is 22.8. The van der Waals surface area contributed by atoms with Crippen LogP contribution in [0.5, 0.6) is 0 Å². The molecule has 6 nitrogen and oxygen atoms in total. The molecule has 33 heavy (non-hydrogen) atoms. The number of anilines is 1. The largest absolute Gasteiger partial charge is 0.361 e. The first-order chi connectivity index (χ1) is 16.0. The quantitative estimate of drug-likeness (QED) is 0.284. The van der Waals surface area contributed by atoms with Crippen LogP contribution in [0.3, 0.4) is 0 Å². The molecule has 0 saturated carbocycles. The van der Waals surface area contributed by atoms with Gasteiger partial charge in [-0.15, -0.1) is 11.3 Å². The molecule has 0 fully saturated rings. The zero-order valence-electron chi connectivity index (χ0n) is 18.0. The van der Waals surface area contributed by atoms with Gasteiger partial charge in [0.05, 0.1) is 21.5 Å². The molecule has 164 valence electrons. The first-order valence-electron chi connectivity index (χ1n) is 10.3. The van der Waals surface area contributed by atoms with Gasteiger partial charge < -0.3 is 9.84 Å². The van der Waals surface area contributed by atoms with Crippen LogP contribution in [0.4, 0.5) is 5.69 Å². The first-order valence-corrected chi connectivity index (χ1v) is 12.1. The Kier molecular flexibility index (Phi) is 5.93. The van der Waals surface area contributed by atoms with Gasteiger partial charge in [0.25, 0.3) is 5.91 Å². The Hall–Kier alpha value is -3.49. The molecule has 0 atom stereocenters. The molecule has 5 rings (SSSR count). The normalized spacial score (nSPS) is 11.1. The lowest BCUT2D eigenvalue weighted by molar-refractivity contribution is 0.102. The molecule has 3 heterocycles. The Balaban J connectivity index is 1.30. The predicted molar refractivity (Wildman–Crippen MR) is 133 cm³/mol. The van der Waals surface area contributed by atoms with Crippen molar-refractivity contribution in [3.8, 4) is 10.6 Å². The molecule has 0 aliphatic carbocycles. The lowest BCUT2D eigenvalue weighted by atomic mass is 10.2. The van der Waals surface area contributed by atoms with Crippen molar-refractivity contribution in [3.63, 3.8) is 0 Å². The van der Waals surface area contributed by atoms with Gasteiger partial charge in [-0.1, -0.05) is 23.0 Å². The lowest BCUT2D eigenvalue weighted by Gasteiger charge is -2.09. The molecule has 0 radical (unpaired) electrons. The number of hydrogen-bond acceptors (Lipinski definition) is 7. The van der Waals surface area contributed by atoms with E-state index in [-0.39, 0.29) is 5.91 Å². The average molecular weight is 473 g/mol. The molecular weight excluding hydrogens is 452 g/mol. The minimum atomic E-state index is -0.204. The number of amides is 1. The summed E-state index contributed by atoms with van der Waals surface area (Å²) in [6.07, 6.45) is 1.68. The molecule has 1 amide bonds. The van der Waals surface area contributed by atoms with Crippen LogP contribution in [-0.4, -0.2) is 21.0 Å². The molecule has 0 saturated heterocycles. The van der Waals surface area contributed by atoms with Crippen LogP contribution >= 0.6 is 23.1 Å². The monoisotopic (exact) mass is 472 g/mol. The second-order valence-corrected chi connectivity index (χ2v) is 9.59. The van der Waals surface area contributed by atoms with Gasteiger partial charge in [-0.05, 0) is 67.9 Å². The standard InChI is InChI=1S/C25H20N4O2S2/c1-15-5-10-21-22(12-15)33-24(28-21)17-6-8-18(9-7-17)27-23(30)20-4-3-11-26-25(20)32-14-19-13-16(2)31-29-19/h3-13H,14H2,1-2H3,(H,27,30). The fourth-order valence-corrected chi connectivity index (χ4v) is 5.30. The van der Waals surface area contributed by atoms with Crippen molar-refractivity contribution >= 4 is 44.9 Å². The summed E-state index contributed by atoms with van der Waals surface area (Å²) >= 11 is 3.12. The number of hydrogen-bond donors (Lipinski definition) is 1. The molecule has 0 unspecified atom stereocenters. The highest BCUT2D eigenvalue weighted by Gasteiger charge is 2.14. The van der Waals surface area contributed by atoms with Crippen LogP contribution in [0.2, 0.25) is 0 Å². The number of carbonyl (C=O) groups excluding carboxylic acids is 1. The fourth-order valence-electron chi connectivity index (χ4n) is 3.36. The summed E-state index contributed by atoms with van der Waals surface area (Å²) in [5.41, 5.74) is 5.30. The summed E-state index contributed by atoms with van der Waals surface area (Å²) in [4.78, 5) is 22.1. The summed E-state index contributed by atoms with van der Waals surface area (Å²) in [7, 11) is 0. The lowest BCUT2D eigenvalue weighted by Crippen LogP contribution is -2.13. The van der Waals surface area contributed by atoms with Gasteiger partial charge in [0.1, 0.15) is 15.8 Å². The predicted octanol–water partition coefficient (Wildman–Crippen LogP) is 6.51. The number of benzene rings is 2. The molecule has 0 aliphatic rings. The molecule has 1 N–H and O–H groups in total. The van der Waals surface area contributed by atoms with Crippen LogP contribution in [0.1, 0.15) is 27.4 Å². The average Bonchev–Trinajstić information content (AvgIpc) is 3.44. The summed E-state index contributed by atoms with van der Waals surface area (Å²) < 4.78 is 6.28. The number of aryl methyl sites for hydroxylation is 2. The van der Waals surface area contributed by atoms with Gasteiger partial charge in [-0.25, -0.2) is 9.97 Å². The van der Waals surface area contributed by atoms with E-state index in [1.165, 1.54) is 22.0 Å². The Morgan fingerprint density at radius 1 is 1.09 bits per heavy atom. The smallest absolute Gasteiger partial charge is 0.258 e. The number of pyridine rings is 1. The fraction of sp³-hybridized carbons (Fsp3) is 0.120.